The molecule has 0 aromatic heterocycles. The van der Waals surface area contributed by atoms with Crippen LogP contribution < -0.4 is 10.5 Å². The lowest BCUT2D eigenvalue weighted by Gasteiger charge is -2.32. The Kier molecular flexibility index (Phi) is 4.49. The summed E-state index contributed by atoms with van der Waals surface area (Å²) in [5, 5.41) is 0.670. The van der Waals surface area contributed by atoms with Crippen molar-refractivity contribution in [3.8, 4) is 5.75 Å². The van der Waals surface area contributed by atoms with E-state index >= 15 is 0 Å². The quantitative estimate of drug-likeness (QED) is 0.917. The van der Waals surface area contributed by atoms with E-state index in [-0.39, 0.29) is 18.3 Å². The van der Waals surface area contributed by atoms with Crippen LogP contribution in [0.1, 0.15) is 32.3 Å². The zero-order chi connectivity index (χ0) is 13.1. The minimum absolute atomic E-state index is 0.174. The summed E-state index contributed by atoms with van der Waals surface area (Å²) in [6.07, 6.45) is 2.45. The maximum absolute atomic E-state index is 6.12. The van der Waals surface area contributed by atoms with Crippen LogP contribution in [0.5, 0.6) is 5.75 Å². The van der Waals surface area contributed by atoms with Gasteiger partial charge in [-0.2, -0.15) is 0 Å². The smallest absolute Gasteiger partial charge is 0.125 e. The molecule has 3 nitrogen and oxygen atoms in total. The van der Waals surface area contributed by atoms with E-state index in [9.17, 15) is 0 Å². The van der Waals surface area contributed by atoms with E-state index < -0.39 is 0 Å². The molecule has 2 N–H and O–H groups in total. The maximum Gasteiger partial charge on any atom is 0.125 e. The summed E-state index contributed by atoms with van der Waals surface area (Å²) >= 11 is 6.12. The fourth-order valence-corrected chi connectivity index (χ4v) is 2.71. The van der Waals surface area contributed by atoms with E-state index in [2.05, 4.69) is 13.8 Å². The Hall–Kier alpha value is -0.770. The molecule has 0 radical (unpaired) electrons. The lowest BCUT2D eigenvalue weighted by atomic mass is 10.0. The van der Waals surface area contributed by atoms with Gasteiger partial charge < -0.3 is 15.2 Å². The van der Waals surface area contributed by atoms with Crippen LogP contribution in [0, 0.1) is 0 Å². The number of nitrogens with two attached hydrogens (primary N) is 1. The average Bonchev–Trinajstić information content (AvgIpc) is 2.27. The zero-order valence-corrected chi connectivity index (χ0v) is 11.6. The highest BCUT2D eigenvalue weighted by molar-refractivity contribution is 6.31. The fourth-order valence-electron chi connectivity index (χ4n) is 2.47. The second-order valence-corrected chi connectivity index (χ2v) is 5.30. The lowest BCUT2D eigenvalue weighted by Crippen LogP contribution is -2.35. The van der Waals surface area contributed by atoms with Crippen molar-refractivity contribution in [2.45, 2.75) is 51.5 Å². The van der Waals surface area contributed by atoms with Crippen molar-refractivity contribution >= 4 is 11.6 Å². The van der Waals surface area contributed by atoms with Crippen LogP contribution in [-0.4, -0.2) is 18.3 Å². The molecule has 1 aromatic carbocycles. The van der Waals surface area contributed by atoms with Crippen molar-refractivity contribution < 1.29 is 9.47 Å². The molecule has 1 saturated heterocycles. The van der Waals surface area contributed by atoms with Crippen LogP contribution >= 0.6 is 11.6 Å². The molecule has 1 fully saturated rings. The van der Waals surface area contributed by atoms with E-state index in [0.29, 0.717) is 11.6 Å². The van der Waals surface area contributed by atoms with Gasteiger partial charge in [-0.3, -0.25) is 0 Å². The molecule has 2 atom stereocenters. The van der Waals surface area contributed by atoms with Gasteiger partial charge in [0.05, 0.1) is 12.2 Å². The Balaban J connectivity index is 2.11. The molecule has 4 heteroatoms. The van der Waals surface area contributed by atoms with Crippen LogP contribution in [0.15, 0.2) is 18.2 Å². The van der Waals surface area contributed by atoms with Gasteiger partial charge in [-0.05, 0) is 26.0 Å². The Morgan fingerprint density at radius 1 is 1.33 bits per heavy atom. The SMILES string of the molecule is CC1CC(Oc2cccc(Cl)c2CN)CC(C)O1. The van der Waals surface area contributed by atoms with Crippen LogP contribution in [0.3, 0.4) is 0 Å². The molecule has 18 heavy (non-hydrogen) atoms. The fraction of sp³-hybridized carbons (Fsp3) is 0.571. The second kappa shape index (κ2) is 5.91. The van der Waals surface area contributed by atoms with Crippen LogP contribution in [0.2, 0.25) is 5.02 Å². The standard InChI is InChI=1S/C14H20ClNO2/c1-9-6-11(7-10(2)17-9)18-14-5-3-4-13(15)12(14)8-16/h3-5,9-11H,6-8,16H2,1-2H3. The highest BCUT2D eigenvalue weighted by atomic mass is 35.5. The predicted octanol–water partition coefficient (Wildman–Crippen LogP) is 3.13. The summed E-state index contributed by atoms with van der Waals surface area (Å²) in [6.45, 7) is 4.55. The molecule has 0 aliphatic carbocycles. The monoisotopic (exact) mass is 269 g/mol. The molecule has 1 aliphatic rings. The van der Waals surface area contributed by atoms with E-state index in [1.807, 2.05) is 18.2 Å². The topological polar surface area (TPSA) is 44.5 Å². The Morgan fingerprint density at radius 2 is 2.00 bits per heavy atom. The second-order valence-electron chi connectivity index (χ2n) is 4.89. The maximum atomic E-state index is 6.12. The van der Waals surface area contributed by atoms with Gasteiger partial charge in [-0.15, -0.1) is 0 Å². The first-order valence-corrected chi connectivity index (χ1v) is 6.77. The molecular formula is C14H20ClNO2. The van der Waals surface area contributed by atoms with Gasteiger partial charge in [0.25, 0.3) is 0 Å². The largest absolute Gasteiger partial charge is 0.490 e. The number of halogens is 1. The Bertz CT molecular complexity index is 401. The van der Waals surface area contributed by atoms with Gasteiger partial charge in [-0.25, -0.2) is 0 Å². The first-order chi connectivity index (χ1) is 8.60. The van der Waals surface area contributed by atoms with Gasteiger partial charge in [0.15, 0.2) is 0 Å². The molecule has 1 aromatic rings. The molecule has 0 spiro atoms. The molecule has 1 aliphatic heterocycles. The number of rotatable bonds is 3. The summed E-state index contributed by atoms with van der Waals surface area (Å²) < 4.78 is 11.8. The Morgan fingerprint density at radius 3 is 2.61 bits per heavy atom. The number of benzene rings is 1. The summed E-state index contributed by atoms with van der Waals surface area (Å²) in [5.41, 5.74) is 6.60. The van der Waals surface area contributed by atoms with Gasteiger partial charge >= 0.3 is 0 Å². The highest BCUT2D eigenvalue weighted by Gasteiger charge is 2.26. The molecule has 2 unspecified atom stereocenters. The van der Waals surface area contributed by atoms with E-state index in [1.165, 1.54) is 0 Å². The normalized spacial score (nSPS) is 28.1. The van der Waals surface area contributed by atoms with Gasteiger partial charge in [0, 0.05) is 30.0 Å². The number of ether oxygens (including phenoxy) is 2. The van der Waals surface area contributed by atoms with E-state index in [1.54, 1.807) is 0 Å². The average molecular weight is 270 g/mol. The number of hydrogen-bond donors (Lipinski definition) is 1. The third-order valence-electron chi connectivity index (χ3n) is 3.23. The number of hydrogen-bond acceptors (Lipinski definition) is 3. The Labute approximate surface area is 113 Å². The van der Waals surface area contributed by atoms with Crippen molar-refractivity contribution in [3.63, 3.8) is 0 Å². The summed E-state index contributed by atoms with van der Waals surface area (Å²) in [4.78, 5) is 0. The zero-order valence-electron chi connectivity index (χ0n) is 10.9. The van der Waals surface area contributed by atoms with Crippen molar-refractivity contribution in [2.75, 3.05) is 0 Å². The first kappa shape index (κ1) is 13.7. The minimum atomic E-state index is 0.174. The molecular weight excluding hydrogens is 250 g/mol. The van der Waals surface area contributed by atoms with Crippen molar-refractivity contribution in [1.82, 2.24) is 0 Å². The van der Waals surface area contributed by atoms with Crippen molar-refractivity contribution in [1.29, 1.82) is 0 Å². The van der Waals surface area contributed by atoms with Gasteiger partial charge in [-0.1, -0.05) is 17.7 Å². The lowest BCUT2D eigenvalue weighted by molar-refractivity contribution is -0.0723. The van der Waals surface area contributed by atoms with Crippen molar-refractivity contribution in [2.24, 2.45) is 5.73 Å². The molecule has 0 saturated carbocycles. The van der Waals surface area contributed by atoms with Crippen LogP contribution in [-0.2, 0) is 11.3 Å². The summed E-state index contributed by atoms with van der Waals surface area (Å²) in [5.74, 6) is 0.802. The van der Waals surface area contributed by atoms with E-state index in [4.69, 9.17) is 26.8 Å². The van der Waals surface area contributed by atoms with Gasteiger partial charge in [0.1, 0.15) is 11.9 Å². The molecule has 0 bridgehead atoms. The summed E-state index contributed by atoms with van der Waals surface area (Å²) in [7, 11) is 0. The summed E-state index contributed by atoms with van der Waals surface area (Å²) in [6, 6.07) is 5.66. The van der Waals surface area contributed by atoms with Crippen LogP contribution in [0.25, 0.3) is 0 Å². The molecule has 1 heterocycles. The van der Waals surface area contributed by atoms with Gasteiger partial charge in [0.2, 0.25) is 0 Å². The van der Waals surface area contributed by atoms with E-state index in [0.717, 1.165) is 24.2 Å². The molecule has 0 amide bonds. The van der Waals surface area contributed by atoms with Crippen LogP contribution in [0.4, 0.5) is 0 Å². The first-order valence-electron chi connectivity index (χ1n) is 6.39. The minimum Gasteiger partial charge on any atom is -0.490 e. The highest BCUT2D eigenvalue weighted by Crippen LogP contribution is 2.30. The third-order valence-corrected chi connectivity index (χ3v) is 3.58. The molecule has 2 rings (SSSR count). The van der Waals surface area contributed by atoms with Crippen molar-refractivity contribution in [3.05, 3.63) is 28.8 Å². The predicted molar refractivity (Wildman–Crippen MR) is 73.0 cm³/mol. The third kappa shape index (κ3) is 3.16. The molecule has 100 valence electrons.